The molecule has 1 saturated heterocycles. The lowest BCUT2D eigenvalue weighted by Gasteiger charge is -2.34. The second kappa shape index (κ2) is 9.32. The number of hydrogen-bond acceptors (Lipinski definition) is 6. The number of ether oxygens (including phenoxy) is 2. The molecule has 1 aliphatic rings. The van der Waals surface area contributed by atoms with Crippen LogP contribution in [-0.2, 0) is 11.3 Å². The molecule has 148 valence electrons. The van der Waals surface area contributed by atoms with Crippen LogP contribution in [0.15, 0.2) is 42.6 Å². The molecular weight excluding hydrogens is 358 g/mol. The van der Waals surface area contributed by atoms with Gasteiger partial charge in [-0.3, -0.25) is 9.78 Å². The number of benzene rings is 1. The van der Waals surface area contributed by atoms with E-state index in [-0.39, 0.29) is 11.9 Å². The lowest BCUT2D eigenvalue weighted by molar-refractivity contribution is 0.0591. The molecule has 0 bridgehead atoms. The maximum Gasteiger partial charge on any atom is 0.339 e. The summed E-state index contributed by atoms with van der Waals surface area (Å²) in [6.07, 6.45) is 3.16. The number of hydrogen-bond donors (Lipinski definition) is 1. The van der Waals surface area contributed by atoms with Gasteiger partial charge >= 0.3 is 5.97 Å². The van der Waals surface area contributed by atoms with Gasteiger partial charge in [-0.1, -0.05) is 12.1 Å². The molecule has 1 fully saturated rings. The van der Waals surface area contributed by atoms with Crippen LogP contribution in [0.3, 0.4) is 0 Å². The summed E-state index contributed by atoms with van der Waals surface area (Å²) >= 11 is 0. The van der Waals surface area contributed by atoms with Crippen LogP contribution >= 0.6 is 0 Å². The van der Waals surface area contributed by atoms with Gasteiger partial charge in [0, 0.05) is 18.8 Å². The number of nitrogens with one attached hydrogen (secondary N) is 1. The Morgan fingerprint density at radius 3 is 2.39 bits per heavy atom. The third kappa shape index (κ3) is 4.67. The Labute approximate surface area is 164 Å². The number of rotatable bonds is 6. The SMILES string of the molecule is COC(=O)c1ccc(C(=O)N(Cc2ccc(OC)cc2)C2CCNCC2)nc1. The normalized spacial score (nSPS) is 14.4. The molecule has 28 heavy (non-hydrogen) atoms. The molecule has 0 aliphatic carbocycles. The Hall–Kier alpha value is -2.93. The lowest BCUT2D eigenvalue weighted by Crippen LogP contribution is -2.46. The Bertz CT molecular complexity index is 799. The van der Waals surface area contributed by atoms with E-state index in [9.17, 15) is 9.59 Å². The van der Waals surface area contributed by atoms with Crippen LogP contribution in [-0.4, -0.2) is 55.1 Å². The first-order valence-corrected chi connectivity index (χ1v) is 9.31. The van der Waals surface area contributed by atoms with Crippen molar-refractivity contribution in [3.8, 4) is 5.75 Å². The number of methoxy groups -OCH3 is 2. The van der Waals surface area contributed by atoms with Crippen molar-refractivity contribution in [3.63, 3.8) is 0 Å². The number of carbonyl (C=O) groups excluding carboxylic acids is 2. The third-order valence-electron chi connectivity index (χ3n) is 4.93. The van der Waals surface area contributed by atoms with Crippen LogP contribution in [0.4, 0.5) is 0 Å². The monoisotopic (exact) mass is 383 g/mol. The van der Waals surface area contributed by atoms with Gasteiger partial charge in [-0.05, 0) is 55.8 Å². The molecule has 2 heterocycles. The maximum absolute atomic E-state index is 13.2. The van der Waals surface area contributed by atoms with Crippen molar-refractivity contribution < 1.29 is 19.1 Å². The fourth-order valence-electron chi connectivity index (χ4n) is 3.32. The van der Waals surface area contributed by atoms with Crippen molar-refractivity contribution >= 4 is 11.9 Å². The number of carbonyl (C=O) groups is 2. The van der Waals surface area contributed by atoms with Crippen LogP contribution in [0.2, 0.25) is 0 Å². The fourth-order valence-corrected chi connectivity index (χ4v) is 3.32. The van der Waals surface area contributed by atoms with Crippen molar-refractivity contribution in [2.75, 3.05) is 27.3 Å². The lowest BCUT2D eigenvalue weighted by atomic mass is 10.0. The highest BCUT2D eigenvalue weighted by Crippen LogP contribution is 2.20. The van der Waals surface area contributed by atoms with E-state index in [2.05, 4.69) is 15.0 Å². The minimum absolute atomic E-state index is 0.137. The zero-order chi connectivity index (χ0) is 19.9. The van der Waals surface area contributed by atoms with Gasteiger partial charge in [0.1, 0.15) is 11.4 Å². The second-order valence-electron chi connectivity index (χ2n) is 6.69. The van der Waals surface area contributed by atoms with Crippen LogP contribution in [0, 0.1) is 0 Å². The number of pyridine rings is 1. The Morgan fingerprint density at radius 2 is 1.82 bits per heavy atom. The molecule has 3 rings (SSSR count). The van der Waals surface area contributed by atoms with Gasteiger partial charge < -0.3 is 19.7 Å². The highest BCUT2D eigenvalue weighted by atomic mass is 16.5. The third-order valence-corrected chi connectivity index (χ3v) is 4.93. The molecule has 7 heteroatoms. The van der Waals surface area contributed by atoms with E-state index in [1.807, 2.05) is 29.2 Å². The summed E-state index contributed by atoms with van der Waals surface area (Å²) in [6.45, 7) is 2.26. The van der Waals surface area contributed by atoms with Gasteiger partial charge in [0.15, 0.2) is 0 Å². The highest BCUT2D eigenvalue weighted by Gasteiger charge is 2.27. The van der Waals surface area contributed by atoms with Gasteiger partial charge in [-0.25, -0.2) is 4.79 Å². The molecule has 1 N–H and O–H groups in total. The summed E-state index contributed by atoms with van der Waals surface area (Å²) in [4.78, 5) is 30.9. The van der Waals surface area contributed by atoms with Gasteiger partial charge in [-0.2, -0.15) is 0 Å². The van der Waals surface area contributed by atoms with Crippen molar-refractivity contribution in [1.29, 1.82) is 0 Å². The molecule has 1 aliphatic heterocycles. The molecule has 1 aromatic carbocycles. The van der Waals surface area contributed by atoms with Crippen molar-refractivity contribution in [3.05, 3.63) is 59.4 Å². The topological polar surface area (TPSA) is 80.8 Å². The zero-order valence-electron chi connectivity index (χ0n) is 16.2. The first-order valence-electron chi connectivity index (χ1n) is 9.31. The average molecular weight is 383 g/mol. The smallest absolute Gasteiger partial charge is 0.339 e. The Balaban J connectivity index is 1.82. The molecule has 0 atom stereocenters. The van der Waals surface area contributed by atoms with Crippen LogP contribution in [0.25, 0.3) is 0 Å². The Kier molecular flexibility index (Phi) is 6.60. The van der Waals surface area contributed by atoms with Crippen LogP contribution in [0.5, 0.6) is 5.75 Å². The average Bonchev–Trinajstić information content (AvgIpc) is 2.77. The summed E-state index contributed by atoms with van der Waals surface area (Å²) < 4.78 is 9.90. The first kappa shape index (κ1) is 19.8. The van der Waals surface area contributed by atoms with Crippen molar-refractivity contribution in [1.82, 2.24) is 15.2 Å². The molecule has 0 spiro atoms. The largest absolute Gasteiger partial charge is 0.497 e. The predicted molar refractivity (Wildman–Crippen MR) is 104 cm³/mol. The number of aromatic nitrogens is 1. The molecule has 2 aromatic rings. The number of esters is 1. The van der Waals surface area contributed by atoms with E-state index in [0.29, 0.717) is 17.8 Å². The molecule has 0 unspecified atom stereocenters. The van der Waals surface area contributed by atoms with E-state index in [1.165, 1.54) is 13.3 Å². The fraction of sp³-hybridized carbons (Fsp3) is 0.381. The number of nitrogens with zero attached hydrogens (tertiary/aromatic N) is 2. The molecule has 1 amide bonds. The summed E-state index contributed by atoms with van der Waals surface area (Å²) in [7, 11) is 2.94. The van der Waals surface area contributed by atoms with Gasteiger partial charge in [0.2, 0.25) is 0 Å². The Morgan fingerprint density at radius 1 is 1.11 bits per heavy atom. The summed E-state index contributed by atoms with van der Waals surface area (Å²) in [5.41, 5.74) is 1.67. The standard InChI is InChI=1S/C21H25N3O4/c1-27-18-6-3-15(4-7-18)14-24(17-9-11-22-12-10-17)20(25)19-8-5-16(13-23-19)21(26)28-2/h3-8,13,17,22H,9-12,14H2,1-2H3. The van der Waals surface area contributed by atoms with Crippen LogP contribution in [0.1, 0.15) is 39.3 Å². The summed E-state index contributed by atoms with van der Waals surface area (Å²) in [6, 6.07) is 11.0. The molecule has 1 aromatic heterocycles. The van der Waals surface area contributed by atoms with E-state index < -0.39 is 5.97 Å². The zero-order valence-corrected chi connectivity index (χ0v) is 16.2. The van der Waals surface area contributed by atoms with Crippen LogP contribution < -0.4 is 10.1 Å². The second-order valence-corrected chi connectivity index (χ2v) is 6.69. The number of amides is 1. The van der Waals surface area contributed by atoms with E-state index in [0.717, 1.165) is 37.2 Å². The molecule has 0 radical (unpaired) electrons. The summed E-state index contributed by atoms with van der Waals surface area (Å²) in [5.74, 6) is 0.169. The highest BCUT2D eigenvalue weighted by molar-refractivity contribution is 5.94. The number of piperidine rings is 1. The minimum Gasteiger partial charge on any atom is -0.497 e. The maximum atomic E-state index is 13.2. The molecule has 7 nitrogen and oxygen atoms in total. The van der Waals surface area contributed by atoms with Crippen molar-refractivity contribution in [2.24, 2.45) is 0 Å². The minimum atomic E-state index is -0.472. The van der Waals surface area contributed by atoms with Gasteiger partial charge in [-0.15, -0.1) is 0 Å². The van der Waals surface area contributed by atoms with Crippen molar-refractivity contribution in [2.45, 2.75) is 25.4 Å². The summed E-state index contributed by atoms with van der Waals surface area (Å²) in [5, 5.41) is 3.33. The predicted octanol–water partition coefficient (Wildman–Crippen LogP) is 2.27. The van der Waals surface area contributed by atoms with E-state index in [1.54, 1.807) is 19.2 Å². The molecular formula is C21H25N3O4. The van der Waals surface area contributed by atoms with Gasteiger partial charge in [0.25, 0.3) is 5.91 Å². The first-order chi connectivity index (χ1) is 13.6. The van der Waals surface area contributed by atoms with E-state index >= 15 is 0 Å². The molecule has 0 saturated carbocycles. The quantitative estimate of drug-likeness (QED) is 0.771. The van der Waals surface area contributed by atoms with Gasteiger partial charge in [0.05, 0.1) is 19.8 Å². The van der Waals surface area contributed by atoms with E-state index in [4.69, 9.17) is 4.74 Å².